The summed E-state index contributed by atoms with van der Waals surface area (Å²) in [6.07, 6.45) is 1.40. The van der Waals surface area contributed by atoms with E-state index < -0.39 is 6.36 Å². The molecule has 0 spiro atoms. The maximum absolute atomic E-state index is 12.5. The van der Waals surface area contributed by atoms with E-state index in [0.717, 1.165) is 13.0 Å². The van der Waals surface area contributed by atoms with Crippen LogP contribution in [0.1, 0.15) is 25.7 Å². The van der Waals surface area contributed by atoms with E-state index in [9.17, 15) is 13.2 Å². The van der Waals surface area contributed by atoms with Crippen molar-refractivity contribution < 1.29 is 22.6 Å². The van der Waals surface area contributed by atoms with Crippen LogP contribution in [-0.4, -0.2) is 52.1 Å². The summed E-state index contributed by atoms with van der Waals surface area (Å²) < 4.78 is 49.0. The summed E-state index contributed by atoms with van der Waals surface area (Å²) in [6.45, 7) is 1.66. The molecule has 2 aromatic heterocycles. The molecule has 0 radical (unpaired) electrons. The second kappa shape index (κ2) is 8.51. The average molecular weight is 420 g/mol. The van der Waals surface area contributed by atoms with E-state index >= 15 is 0 Å². The van der Waals surface area contributed by atoms with Gasteiger partial charge in [0, 0.05) is 17.7 Å². The molecule has 1 aliphatic rings. The Morgan fingerprint density at radius 1 is 1.17 bits per heavy atom. The molecule has 160 valence electrons. The molecule has 0 amide bonds. The van der Waals surface area contributed by atoms with Crippen LogP contribution in [0.25, 0.3) is 16.9 Å². The summed E-state index contributed by atoms with van der Waals surface area (Å²) >= 11 is 0. The van der Waals surface area contributed by atoms with Crippen LogP contribution in [-0.2, 0) is 0 Å². The van der Waals surface area contributed by atoms with E-state index in [2.05, 4.69) is 26.8 Å². The summed E-state index contributed by atoms with van der Waals surface area (Å²) in [4.78, 5) is 6.65. The van der Waals surface area contributed by atoms with Gasteiger partial charge < -0.3 is 14.4 Å². The summed E-state index contributed by atoms with van der Waals surface area (Å²) in [5.41, 5.74) is 1.64. The van der Waals surface area contributed by atoms with Crippen LogP contribution in [0.4, 0.5) is 13.2 Å². The minimum Gasteiger partial charge on any atom is -0.477 e. The lowest BCUT2D eigenvalue weighted by Gasteiger charge is -2.32. The monoisotopic (exact) mass is 420 g/mol. The summed E-state index contributed by atoms with van der Waals surface area (Å²) in [5, 5.41) is 4.47. The Kier molecular flexibility index (Phi) is 5.80. The molecule has 1 unspecified atom stereocenters. The lowest BCUT2D eigenvalue weighted by molar-refractivity contribution is -0.274. The molecule has 30 heavy (non-hydrogen) atoms. The van der Waals surface area contributed by atoms with Crippen molar-refractivity contribution in [3.63, 3.8) is 0 Å². The quantitative estimate of drug-likeness (QED) is 0.586. The number of hydrogen-bond acceptors (Lipinski definition) is 5. The van der Waals surface area contributed by atoms with E-state index in [0.29, 0.717) is 35.4 Å². The first-order chi connectivity index (χ1) is 14.4. The zero-order valence-electron chi connectivity index (χ0n) is 16.6. The molecule has 1 aromatic carbocycles. The smallest absolute Gasteiger partial charge is 0.477 e. The third-order valence-electron chi connectivity index (χ3n) is 5.32. The predicted molar refractivity (Wildman–Crippen MR) is 105 cm³/mol. The van der Waals surface area contributed by atoms with Crippen molar-refractivity contribution >= 4 is 5.65 Å². The van der Waals surface area contributed by atoms with Gasteiger partial charge >= 0.3 is 6.36 Å². The van der Waals surface area contributed by atoms with Crippen molar-refractivity contribution in [2.45, 2.75) is 38.1 Å². The number of halogens is 3. The molecule has 1 fully saturated rings. The summed E-state index contributed by atoms with van der Waals surface area (Å²) in [6, 6.07) is 9.78. The summed E-state index contributed by atoms with van der Waals surface area (Å²) in [7, 11) is 2.14. The van der Waals surface area contributed by atoms with Gasteiger partial charge in [-0.25, -0.2) is 9.50 Å². The number of fused-ring (bicyclic) bond motifs is 1. The largest absolute Gasteiger partial charge is 0.573 e. The zero-order valence-corrected chi connectivity index (χ0v) is 16.6. The standard InChI is InChI=1S/C21H23F3N4O2/c1-27-11-3-2-6-16(27)10-12-29-20-9-8-19-25-14-18(28(19)26-20)15-5-4-7-17(13-15)30-21(22,23)24/h4-5,7-9,13-14,16H,2-3,6,10-12H2,1H3. The molecule has 6 nitrogen and oxygen atoms in total. The Bertz CT molecular complexity index is 1010. The van der Waals surface area contributed by atoms with Crippen LogP contribution < -0.4 is 9.47 Å². The number of imidazole rings is 1. The highest BCUT2D eigenvalue weighted by atomic mass is 19.4. The van der Waals surface area contributed by atoms with E-state index in [-0.39, 0.29) is 5.75 Å². The van der Waals surface area contributed by atoms with Crippen molar-refractivity contribution in [3.8, 4) is 22.9 Å². The minimum atomic E-state index is -4.75. The number of alkyl halides is 3. The van der Waals surface area contributed by atoms with Gasteiger partial charge in [-0.2, -0.15) is 0 Å². The lowest BCUT2D eigenvalue weighted by atomic mass is 10.0. The van der Waals surface area contributed by atoms with Gasteiger partial charge in [-0.1, -0.05) is 18.6 Å². The van der Waals surface area contributed by atoms with Gasteiger partial charge in [0.25, 0.3) is 0 Å². The van der Waals surface area contributed by atoms with Gasteiger partial charge in [0.05, 0.1) is 18.5 Å². The van der Waals surface area contributed by atoms with Crippen molar-refractivity contribution in [1.29, 1.82) is 0 Å². The van der Waals surface area contributed by atoms with E-state index in [1.54, 1.807) is 28.9 Å². The average Bonchev–Trinajstić information content (AvgIpc) is 3.12. The molecule has 3 aromatic rings. The van der Waals surface area contributed by atoms with Gasteiger partial charge in [0.1, 0.15) is 5.75 Å². The van der Waals surface area contributed by atoms with Gasteiger partial charge in [0.15, 0.2) is 5.65 Å². The highest BCUT2D eigenvalue weighted by Crippen LogP contribution is 2.28. The Balaban J connectivity index is 1.50. The third-order valence-corrected chi connectivity index (χ3v) is 5.32. The molecule has 9 heteroatoms. The normalized spacial score (nSPS) is 17.9. The Morgan fingerprint density at radius 2 is 2.03 bits per heavy atom. The molecular weight excluding hydrogens is 397 g/mol. The second-order valence-corrected chi connectivity index (χ2v) is 7.43. The van der Waals surface area contributed by atoms with Crippen molar-refractivity contribution in [1.82, 2.24) is 19.5 Å². The van der Waals surface area contributed by atoms with Gasteiger partial charge in [-0.05, 0) is 51.1 Å². The molecule has 0 N–H and O–H groups in total. The van der Waals surface area contributed by atoms with Crippen LogP contribution in [0.5, 0.6) is 11.6 Å². The number of piperidine rings is 1. The topological polar surface area (TPSA) is 51.9 Å². The second-order valence-electron chi connectivity index (χ2n) is 7.43. The number of aromatic nitrogens is 3. The van der Waals surface area contributed by atoms with E-state index in [4.69, 9.17) is 4.74 Å². The molecule has 0 aliphatic carbocycles. The van der Waals surface area contributed by atoms with Crippen LogP contribution >= 0.6 is 0 Å². The number of rotatable bonds is 6. The first kappa shape index (κ1) is 20.5. The molecule has 0 bridgehead atoms. The van der Waals surface area contributed by atoms with Crippen molar-refractivity contribution in [2.24, 2.45) is 0 Å². The number of hydrogen-bond donors (Lipinski definition) is 0. The first-order valence-electron chi connectivity index (χ1n) is 9.93. The fraction of sp³-hybridized carbons (Fsp3) is 0.429. The number of nitrogens with zero attached hydrogens (tertiary/aromatic N) is 4. The molecule has 3 heterocycles. The molecule has 1 aliphatic heterocycles. The third kappa shape index (κ3) is 4.84. The number of likely N-dealkylation sites (tertiary alicyclic amines) is 1. The number of ether oxygens (including phenoxy) is 2. The highest BCUT2D eigenvalue weighted by Gasteiger charge is 2.31. The molecule has 1 atom stereocenters. The highest BCUT2D eigenvalue weighted by molar-refractivity contribution is 5.64. The molecule has 4 rings (SSSR count). The Labute approximate surface area is 172 Å². The maximum Gasteiger partial charge on any atom is 0.573 e. The van der Waals surface area contributed by atoms with Crippen LogP contribution in [0.2, 0.25) is 0 Å². The fourth-order valence-electron chi connectivity index (χ4n) is 3.79. The van der Waals surface area contributed by atoms with Crippen molar-refractivity contribution in [3.05, 3.63) is 42.6 Å². The van der Waals surface area contributed by atoms with Gasteiger partial charge in [-0.15, -0.1) is 18.3 Å². The van der Waals surface area contributed by atoms with Crippen LogP contribution in [0.3, 0.4) is 0 Å². The Hall–Kier alpha value is -2.81. The van der Waals surface area contributed by atoms with Crippen molar-refractivity contribution in [2.75, 3.05) is 20.2 Å². The Morgan fingerprint density at radius 3 is 2.83 bits per heavy atom. The molecular formula is C21H23F3N4O2. The zero-order chi connectivity index (χ0) is 21.1. The predicted octanol–water partition coefficient (Wildman–Crippen LogP) is 4.55. The van der Waals surface area contributed by atoms with Gasteiger partial charge in [-0.3, -0.25) is 0 Å². The summed E-state index contributed by atoms with van der Waals surface area (Å²) in [5.74, 6) is 0.155. The molecule has 0 saturated carbocycles. The fourth-order valence-corrected chi connectivity index (χ4v) is 3.79. The maximum atomic E-state index is 12.5. The van der Waals surface area contributed by atoms with Gasteiger partial charge in [0.2, 0.25) is 5.88 Å². The molecule has 1 saturated heterocycles. The minimum absolute atomic E-state index is 0.293. The van der Waals surface area contributed by atoms with Crippen LogP contribution in [0.15, 0.2) is 42.6 Å². The van der Waals surface area contributed by atoms with E-state index in [1.165, 1.54) is 37.5 Å². The lowest BCUT2D eigenvalue weighted by Crippen LogP contribution is -2.37. The SMILES string of the molecule is CN1CCCCC1CCOc1ccc2ncc(-c3cccc(OC(F)(F)F)c3)n2n1. The van der Waals surface area contributed by atoms with E-state index in [1.807, 2.05) is 0 Å². The first-order valence-corrected chi connectivity index (χ1v) is 9.93. The number of benzene rings is 1. The van der Waals surface area contributed by atoms with Crippen LogP contribution in [0, 0.1) is 0 Å².